The molecule has 0 aliphatic carbocycles. The topological polar surface area (TPSA) is 67.8 Å². The maximum Gasteiger partial charge on any atom is 0.217 e. The Balaban J connectivity index is 2.74. The van der Waals surface area contributed by atoms with Crippen LogP contribution in [-0.4, -0.2) is 42.2 Å². The predicted octanol–water partition coefficient (Wildman–Crippen LogP) is 0.0234. The maximum atomic E-state index is 11.0. The molecule has 1 fully saturated rings. The first kappa shape index (κ1) is 12.4. The summed E-state index contributed by atoms with van der Waals surface area (Å²) in [5.41, 5.74) is -1.01. The Morgan fingerprint density at radius 3 is 2.67 bits per heavy atom. The smallest absolute Gasteiger partial charge is 0.217 e. The molecule has 1 aliphatic rings. The molecular weight excluding hydrogens is 198 g/mol. The molecule has 0 bridgehead atoms. The Morgan fingerprint density at radius 1 is 1.67 bits per heavy atom. The van der Waals surface area contributed by atoms with Gasteiger partial charge in [-0.1, -0.05) is 0 Å². The van der Waals surface area contributed by atoms with Crippen LogP contribution in [0.1, 0.15) is 27.2 Å². The fraction of sp³-hybridized carbons (Fsp3) is 0.900. The van der Waals surface area contributed by atoms with Crippen LogP contribution < -0.4 is 5.32 Å². The number of ether oxygens (including phenoxy) is 2. The summed E-state index contributed by atoms with van der Waals surface area (Å²) in [4.78, 5) is 11.0. The second-order valence-electron chi connectivity index (χ2n) is 4.25. The molecular formula is C10H19NO4. The highest BCUT2D eigenvalue weighted by molar-refractivity contribution is 5.73. The zero-order valence-electron chi connectivity index (χ0n) is 9.61. The van der Waals surface area contributed by atoms with Crippen molar-refractivity contribution >= 4 is 5.91 Å². The van der Waals surface area contributed by atoms with Crippen molar-refractivity contribution in [1.82, 2.24) is 5.32 Å². The van der Waals surface area contributed by atoms with Gasteiger partial charge in [0.25, 0.3) is 0 Å². The average Bonchev–Trinajstić information content (AvgIpc) is 2.10. The van der Waals surface area contributed by atoms with Crippen LogP contribution in [0.4, 0.5) is 0 Å². The lowest BCUT2D eigenvalue weighted by molar-refractivity contribution is -0.234. The fourth-order valence-electron chi connectivity index (χ4n) is 1.97. The minimum Gasteiger partial charge on any atom is -0.388 e. The van der Waals surface area contributed by atoms with Gasteiger partial charge in [0.2, 0.25) is 5.91 Å². The van der Waals surface area contributed by atoms with Gasteiger partial charge >= 0.3 is 0 Å². The van der Waals surface area contributed by atoms with Crippen molar-refractivity contribution in [2.45, 2.75) is 51.2 Å². The van der Waals surface area contributed by atoms with Crippen LogP contribution in [0.3, 0.4) is 0 Å². The first-order valence-corrected chi connectivity index (χ1v) is 5.04. The Labute approximate surface area is 89.8 Å². The normalized spacial score (nSPS) is 41.3. The van der Waals surface area contributed by atoms with Crippen LogP contribution in [0.25, 0.3) is 0 Å². The van der Waals surface area contributed by atoms with Crippen molar-refractivity contribution < 1.29 is 19.4 Å². The molecule has 5 heteroatoms. The molecule has 2 N–H and O–H groups in total. The van der Waals surface area contributed by atoms with Crippen LogP contribution in [0, 0.1) is 0 Å². The van der Waals surface area contributed by atoms with Gasteiger partial charge in [-0.3, -0.25) is 4.79 Å². The van der Waals surface area contributed by atoms with Crippen molar-refractivity contribution in [3.63, 3.8) is 0 Å². The maximum absolute atomic E-state index is 11.0. The molecule has 0 unspecified atom stereocenters. The van der Waals surface area contributed by atoms with Gasteiger partial charge < -0.3 is 19.9 Å². The summed E-state index contributed by atoms with van der Waals surface area (Å²) in [6.07, 6.45) is -0.346. The second kappa shape index (κ2) is 4.47. The van der Waals surface area contributed by atoms with E-state index in [1.54, 1.807) is 13.8 Å². The van der Waals surface area contributed by atoms with Gasteiger partial charge in [0.1, 0.15) is 0 Å². The molecule has 5 nitrogen and oxygen atoms in total. The summed E-state index contributed by atoms with van der Waals surface area (Å²) in [6, 6.07) is -0.401. The van der Waals surface area contributed by atoms with E-state index in [1.807, 2.05) is 0 Å². The summed E-state index contributed by atoms with van der Waals surface area (Å²) < 4.78 is 10.5. The van der Waals surface area contributed by atoms with E-state index in [0.717, 1.165) is 0 Å². The monoisotopic (exact) mass is 217 g/mol. The number of carbonyl (C=O) groups is 1. The lowest BCUT2D eigenvalue weighted by Gasteiger charge is -2.44. The Bertz CT molecular complexity index is 242. The predicted molar refractivity (Wildman–Crippen MR) is 54.2 cm³/mol. The van der Waals surface area contributed by atoms with Crippen molar-refractivity contribution in [2.75, 3.05) is 7.11 Å². The highest BCUT2D eigenvalue weighted by atomic mass is 16.7. The van der Waals surface area contributed by atoms with Crippen molar-refractivity contribution in [3.05, 3.63) is 0 Å². The summed E-state index contributed by atoms with van der Waals surface area (Å²) in [5.74, 6) is -0.174. The standard InChI is InChI=1S/C10H19NO4/c1-6-9(11-7(2)12)10(3,13)5-8(14-4)15-6/h6,8-9,13H,5H2,1-4H3,(H,11,12)/t6-,8+,9-,10-/m0/s1. The molecule has 0 radical (unpaired) electrons. The zero-order chi connectivity index (χ0) is 11.6. The molecule has 88 valence electrons. The highest BCUT2D eigenvalue weighted by Crippen LogP contribution is 2.29. The number of methoxy groups -OCH3 is 1. The van der Waals surface area contributed by atoms with Gasteiger partial charge in [-0.2, -0.15) is 0 Å². The lowest BCUT2D eigenvalue weighted by Crippen LogP contribution is -2.62. The van der Waals surface area contributed by atoms with E-state index in [4.69, 9.17) is 9.47 Å². The molecule has 0 spiro atoms. The Hall–Kier alpha value is -0.650. The van der Waals surface area contributed by atoms with Gasteiger partial charge in [0.05, 0.1) is 17.7 Å². The van der Waals surface area contributed by atoms with Crippen LogP contribution >= 0.6 is 0 Å². The molecule has 1 saturated heterocycles. The minimum atomic E-state index is -1.01. The number of hydrogen-bond acceptors (Lipinski definition) is 4. The number of amides is 1. The van der Waals surface area contributed by atoms with Gasteiger partial charge in [0, 0.05) is 20.5 Å². The number of rotatable bonds is 2. The van der Waals surface area contributed by atoms with Crippen molar-refractivity contribution in [1.29, 1.82) is 0 Å². The molecule has 15 heavy (non-hydrogen) atoms. The molecule has 4 atom stereocenters. The fourth-order valence-corrected chi connectivity index (χ4v) is 1.97. The SMILES string of the molecule is CO[C@H]1C[C@](C)(O)[C@@H](NC(C)=O)[C@H](C)O1. The third-order valence-corrected chi connectivity index (χ3v) is 2.71. The van der Waals surface area contributed by atoms with Gasteiger partial charge in [0.15, 0.2) is 6.29 Å². The third kappa shape index (κ3) is 2.90. The number of aliphatic hydroxyl groups is 1. The van der Waals surface area contributed by atoms with Crippen LogP contribution in [0.2, 0.25) is 0 Å². The summed E-state index contributed by atoms with van der Waals surface area (Å²) in [7, 11) is 1.53. The van der Waals surface area contributed by atoms with E-state index in [0.29, 0.717) is 6.42 Å². The first-order valence-electron chi connectivity index (χ1n) is 5.04. The van der Waals surface area contributed by atoms with Crippen molar-refractivity contribution in [2.24, 2.45) is 0 Å². The van der Waals surface area contributed by atoms with E-state index < -0.39 is 17.9 Å². The van der Waals surface area contributed by atoms with E-state index in [-0.39, 0.29) is 12.0 Å². The minimum absolute atomic E-state index is 0.174. The van der Waals surface area contributed by atoms with E-state index in [2.05, 4.69) is 5.32 Å². The largest absolute Gasteiger partial charge is 0.388 e. The van der Waals surface area contributed by atoms with E-state index >= 15 is 0 Å². The van der Waals surface area contributed by atoms with Crippen LogP contribution in [0.5, 0.6) is 0 Å². The molecule has 0 aromatic carbocycles. The van der Waals surface area contributed by atoms with Crippen LogP contribution in [-0.2, 0) is 14.3 Å². The average molecular weight is 217 g/mol. The van der Waals surface area contributed by atoms with Crippen LogP contribution in [0.15, 0.2) is 0 Å². The third-order valence-electron chi connectivity index (χ3n) is 2.71. The van der Waals surface area contributed by atoms with E-state index in [9.17, 15) is 9.90 Å². The molecule has 1 amide bonds. The summed E-state index contributed by atoms with van der Waals surface area (Å²) >= 11 is 0. The molecule has 1 rings (SSSR count). The highest BCUT2D eigenvalue weighted by Gasteiger charge is 2.44. The number of hydrogen-bond donors (Lipinski definition) is 2. The second-order valence-corrected chi connectivity index (χ2v) is 4.25. The molecule has 0 saturated carbocycles. The molecule has 0 aromatic heterocycles. The number of nitrogens with one attached hydrogen (secondary N) is 1. The molecule has 1 heterocycles. The first-order chi connectivity index (χ1) is 6.86. The quantitative estimate of drug-likeness (QED) is 0.684. The van der Waals surface area contributed by atoms with Gasteiger partial charge in [-0.25, -0.2) is 0 Å². The summed E-state index contributed by atoms with van der Waals surface area (Å²) in [6.45, 7) is 4.91. The van der Waals surface area contributed by atoms with Gasteiger partial charge in [-0.15, -0.1) is 0 Å². The Kier molecular flexibility index (Phi) is 3.70. The lowest BCUT2D eigenvalue weighted by atomic mass is 9.86. The Morgan fingerprint density at radius 2 is 2.27 bits per heavy atom. The van der Waals surface area contributed by atoms with Gasteiger partial charge in [-0.05, 0) is 13.8 Å². The van der Waals surface area contributed by atoms with E-state index in [1.165, 1.54) is 14.0 Å². The van der Waals surface area contributed by atoms with Crippen molar-refractivity contribution in [3.8, 4) is 0 Å². The summed E-state index contributed by atoms with van der Waals surface area (Å²) in [5, 5.41) is 12.9. The zero-order valence-corrected chi connectivity index (χ0v) is 9.61. The molecule has 0 aromatic rings. The molecule has 1 aliphatic heterocycles. The number of carbonyl (C=O) groups excluding carboxylic acids is 1.